The molecule has 1 aliphatic rings. The lowest BCUT2D eigenvalue weighted by Crippen LogP contribution is -2.46. The standard InChI is InChI=1S/C24H22N2O3S/c1-16-13-20(17(2)30-16)21(27)15-26-22(28)24(25-23(26)29,19-11-7-4-8-12-19)14-18-9-5-3-6-10-18/h3-13H,14-15H2,1-2H3,(H,25,29)/t24-/m1/s1. The molecule has 30 heavy (non-hydrogen) atoms. The van der Waals surface area contributed by atoms with Crippen LogP contribution in [0.15, 0.2) is 66.7 Å². The van der Waals surface area contributed by atoms with Gasteiger partial charge >= 0.3 is 6.03 Å². The monoisotopic (exact) mass is 418 g/mol. The van der Waals surface area contributed by atoms with Crippen LogP contribution in [0.2, 0.25) is 0 Å². The maximum Gasteiger partial charge on any atom is 0.325 e. The SMILES string of the molecule is Cc1cc(C(=O)CN2C(=O)N[C@](Cc3ccccc3)(c3ccccc3)C2=O)c(C)s1. The molecule has 0 radical (unpaired) electrons. The third kappa shape index (κ3) is 3.55. The number of carbonyl (C=O) groups is 3. The molecule has 0 bridgehead atoms. The molecule has 0 unspecified atom stereocenters. The van der Waals surface area contributed by atoms with Gasteiger partial charge in [-0.3, -0.25) is 14.5 Å². The molecule has 1 N–H and O–H groups in total. The Labute approximate surface area is 179 Å². The summed E-state index contributed by atoms with van der Waals surface area (Å²) < 4.78 is 0. The van der Waals surface area contributed by atoms with Gasteiger partial charge in [-0.25, -0.2) is 4.79 Å². The number of ketones is 1. The second-order valence-corrected chi connectivity index (χ2v) is 8.97. The van der Waals surface area contributed by atoms with E-state index in [0.717, 1.165) is 20.2 Å². The van der Waals surface area contributed by atoms with E-state index in [9.17, 15) is 14.4 Å². The van der Waals surface area contributed by atoms with Crippen molar-refractivity contribution >= 4 is 29.1 Å². The maximum atomic E-state index is 13.6. The van der Waals surface area contributed by atoms with Gasteiger partial charge in [0, 0.05) is 21.7 Å². The second kappa shape index (κ2) is 7.88. The normalized spacial score (nSPS) is 18.5. The molecule has 0 aliphatic carbocycles. The fraction of sp³-hybridized carbons (Fsp3) is 0.208. The number of urea groups is 1. The lowest BCUT2D eigenvalue weighted by Gasteiger charge is -2.27. The summed E-state index contributed by atoms with van der Waals surface area (Å²) in [4.78, 5) is 42.3. The van der Waals surface area contributed by atoms with Gasteiger partial charge in [0.25, 0.3) is 5.91 Å². The summed E-state index contributed by atoms with van der Waals surface area (Å²) in [6, 6.07) is 20.0. The van der Waals surface area contributed by atoms with Crippen LogP contribution in [0.5, 0.6) is 0 Å². The molecule has 0 spiro atoms. The van der Waals surface area contributed by atoms with Gasteiger partial charge in [0.2, 0.25) is 0 Å². The van der Waals surface area contributed by atoms with Crippen LogP contribution < -0.4 is 5.32 Å². The third-order valence-corrected chi connectivity index (χ3v) is 6.36. The number of benzene rings is 2. The molecule has 1 fully saturated rings. The fourth-order valence-corrected chi connectivity index (χ4v) is 4.89. The van der Waals surface area contributed by atoms with Crippen LogP contribution in [-0.4, -0.2) is 29.2 Å². The number of Topliss-reactive ketones (excluding diaryl/α,β-unsaturated/α-hetero) is 1. The van der Waals surface area contributed by atoms with E-state index in [1.165, 1.54) is 11.3 Å². The van der Waals surface area contributed by atoms with Gasteiger partial charge in [0.05, 0.1) is 6.54 Å². The summed E-state index contributed by atoms with van der Waals surface area (Å²) in [5.74, 6) is -0.635. The Balaban J connectivity index is 1.68. The van der Waals surface area contributed by atoms with Crippen molar-refractivity contribution in [3.63, 3.8) is 0 Å². The van der Waals surface area contributed by atoms with E-state index in [1.54, 1.807) is 0 Å². The predicted octanol–water partition coefficient (Wildman–Crippen LogP) is 4.24. The van der Waals surface area contributed by atoms with Crippen molar-refractivity contribution in [1.29, 1.82) is 0 Å². The predicted molar refractivity (Wildman–Crippen MR) is 117 cm³/mol. The number of aryl methyl sites for hydroxylation is 2. The smallest absolute Gasteiger partial charge is 0.319 e. The highest BCUT2D eigenvalue weighted by molar-refractivity contribution is 7.12. The quantitative estimate of drug-likeness (QED) is 0.481. The van der Waals surface area contributed by atoms with E-state index in [-0.39, 0.29) is 12.3 Å². The molecule has 1 saturated heterocycles. The van der Waals surface area contributed by atoms with Gasteiger partial charge in [0.15, 0.2) is 11.3 Å². The zero-order valence-corrected chi connectivity index (χ0v) is 17.7. The van der Waals surface area contributed by atoms with E-state index < -0.39 is 17.5 Å². The molecule has 3 aromatic rings. The largest absolute Gasteiger partial charge is 0.325 e. The first kappa shape index (κ1) is 20.0. The minimum atomic E-state index is -1.24. The number of nitrogens with one attached hydrogen (secondary N) is 1. The topological polar surface area (TPSA) is 66.5 Å². The summed E-state index contributed by atoms with van der Waals surface area (Å²) in [6.45, 7) is 3.54. The minimum Gasteiger partial charge on any atom is -0.319 e. The van der Waals surface area contributed by atoms with Crippen molar-refractivity contribution in [2.24, 2.45) is 0 Å². The molecule has 3 amide bonds. The van der Waals surface area contributed by atoms with Crippen LogP contribution in [0, 0.1) is 13.8 Å². The van der Waals surface area contributed by atoms with Gasteiger partial charge in [-0.15, -0.1) is 11.3 Å². The molecule has 4 rings (SSSR count). The summed E-state index contributed by atoms with van der Waals surface area (Å²) in [5.41, 5.74) is 0.954. The molecule has 5 nitrogen and oxygen atoms in total. The number of carbonyl (C=O) groups excluding carboxylic acids is 3. The number of nitrogens with zero attached hydrogens (tertiary/aromatic N) is 1. The van der Waals surface area contributed by atoms with Crippen LogP contribution in [-0.2, 0) is 16.8 Å². The molecule has 152 valence electrons. The average Bonchev–Trinajstić information content (AvgIpc) is 3.20. The summed E-state index contributed by atoms with van der Waals surface area (Å²) in [5, 5.41) is 2.90. The molecule has 2 aromatic carbocycles. The highest BCUT2D eigenvalue weighted by Gasteiger charge is 2.52. The number of rotatable bonds is 6. The number of hydrogen-bond acceptors (Lipinski definition) is 4. The van der Waals surface area contributed by atoms with E-state index >= 15 is 0 Å². The van der Waals surface area contributed by atoms with Gasteiger partial charge in [-0.2, -0.15) is 0 Å². The first-order valence-corrected chi connectivity index (χ1v) is 10.6. The Morgan fingerprint density at radius 3 is 2.23 bits per heavy atom. The Bertz CT molecular complexity index is 1110. The molecule has 6 heteroatoms. The van der Waals surface area contributed by atoms with Crippen LogP contribution in [0.25, 0.3) is 0 Å². The second-order valence-electron chi connectivity index (χ2n) is 7.51. The van der Waals surface area contributed by atoms with Crippen molar-refractivity contribution < 1.29 is 14.4 Å². The molecule has 1 aliphatic heterocycles. The Morgan fingerprint density at radius 2 is 1.63 bits per heavy atom. The third-order valence-electron chi connectivity index (χ3n) is 5.40. The number of thiophene rings is 1. The molecule has 1 atom stereocenters. The van der Waals surface area contributed by atoms with E-state index in [4.69, 9.17) is 0 Å². The zero-order chi connectivity index (χ0) is 21.3. The highest BCUT2D eigenvalue weighted by Crippen LogP contribution is 2.33. The van der Waals surface area contributed by atoms with E-state index in [2.05, 4.69) is 5.32 Å². The Morgan fingerprint density at radius 1 is 1.00 bits per heavy atom. The molecular weight excluding hydrogens is 396 g/mol. The average molecular weight is 419 g/mol. The van der Waals surface area contributed by atoms with E-state index in [1.807, 2.05) is 80.6 Å². The summed E-state index contributed by atoms with van der Waals surface area (Å²) >= 11 is 1.53. The number of imide groups is 1. The van der Waals surface area contributed by atoms with Crippen molar-refractivity contribution in [1.82, 2.24) is 10.2 Å². The number of hydrogen-bond donors (Lipinski definition) is 1. The maximum absolute atomic E-state index is 13.6. The Kier molecular flexibility index (Phi) is 5.26. The Hall–Kier alpha value is -3.25. The fourth-order valence-electron chi connectivity index (χ4n) is 3.95. The summed E-state index contributed by atoms with van der Waals surface area (Å²) in [6.07, 6.45) is 0.309. The van der Waals surface area contributed by atoms with Crippen molar-refractivity contribution in [2.45, 2.75) is 25.8 Å². The molecule has 2 heterocycles. The van der Waals surface area contributed by atoms with Gasteiger partial charge in [-0.1, -0.05) is 60.7 Å². The van der Waals surface area contributed by atoms with Crippen LogP contribution >= 0.6 is 11.3 Å². The van der Waals surface area contributed by atoms with Crippen molar-refractivity contribution in [2.75, 3.05) is 6.54 Å². The van der Waals surface area contributed by atoms with Crippen LogP contribution in [0.4, 0.5) is 4.79 Å². The summed E-state index contributed by atoms with van der Waals surface area (Å²) in [7, 11) is 0. The van der Waals surface area contributed by atoms with Gasteiger partial charge in [0.1, 0.15) is 0 Å². The van der Waals surface area contributed by atoms with Crippen molar-refractivity contribution in [3.8, 4) is 0 Å². The van der Waals surface area contributed by atoms with Crippen LogP contribution in [0.1, 0.15) is 31.2 Å². The molecular formula is C24H22N2O3S. The van der Waals surface area contributed by atoms with E-state index in [0.29, 0.717) is 17.5 Å². The molecule has 0 saturated carbocycles. The van der Waals surface area contributed by atoms with Gasteiger partial charge in [-0.05, 0) is 31.0 Å². The first-order chi connectivity index (χ1) is 14.4. The molecule has 1 aromatic heterocycles. The lowest BCUT2D eigenvalue weighted by atomic mass is 9.83. The van der Waals surface area contributed by atoms with Crippen molar-refractivity contribution in [3.05, 3.63) is 93.2 Å². The zero-order valence-electron chi connectivity index (χ0n) is 16.8. The number of amides is 3. The van der Waals surface area contributed by atoms with Gasteiger partial charge < -0.3 is 5.32 Å². The van der Waals surface area contributed by atoms with Crippen LogP contribution in [0.3, 0.4) is 0 Å². The first-order valence-electron chi connectivity index (χ1n) is 9.74. The highest BCUT2D eigenvalue weighted by atomic mass is 32.1. The lowest BCUT2D eigenvalue weighted by molar-refractivity contribution is -0.131. The minimum absolute atomic E-state index is 0.232.